The van der Waals surface area contributed by atoms with Crippen LogP contribution in [-0.4, -0.2) is 19.0 Å². The number of furan rings is 1. The van der Waals surface area contributed by atoms with Gasteiger partial charge in [0.05, 0.1) is 0 Å². The number of aryl methyl sites for hydroxylation is 2. The molecule has 1 aromatic heterocycles. The molecule has 4 nitrogen and oxygen atoms in total. The summed E-state index contributed by atoms with van der Waals surface area (Å²) in [6.45, 7) is 5.02. The number of hydrogen-bond acceptors (Lipinski definition) is 3. The summed E-state index contributed by atoms with van der Waals surface area (Å²) in [6, 6.07) is 5.91. The number of para-hydroxylation sites is 1. The molecule has 0 saturated carbocycles. The van der Waals surface area contributed by atoms with Gasteiger partial charge in [0, 0.05) is 17.5 Å². The molecule has 0 atom stereocenters. The molecule has 2 aromatic rings. The SMILES string of the molecule is Cc1c(C(=O)NCCCN)oc2c(C)cccc12. The van der Waals surface area contributed by atoms with Crippen molar-refractivity contribution in [2.24, 2.45) is 5.73 Å². The average Bonchev–Trinajstić information content (AvgIpc) is 2.69. The molecule has 1 amide bonds. The Bertz CT molecular complexity index is 572. The van der Waals surface area contributed by atoms with Crippen LogP contribution in [0.1, 0.15) is 28.1 Å². The van der Waals surface area contributed by atoms with Crippen LogP contribution in [0.15, 0.2) is 22.6 Å². The minimum Gasteiger partial charge on any atom is -0.450 e. The van der Waals surface area contributed by atoms with E-state index in [9.17, 15) is 4.79 Å². The van der Waals surface area contributed by atoms with Crippen LogP contribution in [0.25, 0.3) is 11.0 Å². The number of rotatable bonds is 4. The summed E-state index contributed by atoms with van der Waals surface area (Å²) in [5.74, 6) is 0.230. The predicted molar refractivity (Wildman–Crippen MR) is 71.7 cm³/mol. The molecule has 4 heteroatoms. The standard InChI is InChI=1S/C14H18N2O2/c1-9-5-3-6-11-10(2)13(18-12(9)11)14(17)16-8-4-7-15/h3,5-6H,4,7-8,15H2,1-2H3,(H,16,17). The smallest absolute Gasteiger partial charge is 0.287 e. The minimum atomic E-state index is -0.170. The lowest BCUT2D eigenvalue weighted by Gasteiger charge is -2.01. The Morgan fingerprint density at radius 1 is 1.39 bits per heavy atom. The van der Waals surface area contributed by atoms with Crippen LogP contribution in [0.4, 0.5) is 0 Å². The van der Waals surface area contributed by atoms with E-state index >= 15 is 0 Å². The highest BCUT2D eigenvalue weighted by Crippen LogP contribution is 2.27. The number of nitrogens with two attached hydrogens (primary N) is 1. The molecule has 0 saturated heterocycles. The Morgan fingerprint density at radius 2 is 2.17 bits per heavy atom. The lowest BCUT2D eigenvalue weighted by molar-refractivity contribution is 0.0927. The molecular formula is C14H18N2O2. The highest BCUT2D eigenvalue weighted by atomic mass is 16.3. The van der Waals surface area contributed by atoms with Crippen molar-refractivity contribution in [2.75, 3.05) is 13.1 Å². The van der Waals surface area contributed by atoms with E-state index in [0.717, 1.165) is 28.5 Å². The lowest BCUT2D eigenvalue weighted by atomic mass is 10.1. The zero-order valence-electron chi connectivity index (χ0n) is 10.7. The number of nitrogens with one attached hydrogen (secondary N) is 1. The van der Waals surface area contributed by atoms with E-state index in [1.165, 1.54) is 0 Å². The van der Waals surface area contributed by atoms with E-state index in [2.05, 4.69) is 5.32 Å². The second-order valence-electron chi connectivity index (χ2n) is 4.41. The number of benzene rings is 1. The Hall–Kier alpha value is -1.81. The van der Waals surface area contributed by atoms with Gasteiger partial charge >= 0.3 is 0 Å². The summed E-state index contributed by atoms with van der Waals surface area (Å²) in [7, 11) is 0. The predicted octanol–water partition coefficient (Wildman–Crippen LogP) is 2.13. The van der Waals surface area contributed by atoms with Crippen molar-refractivity contribution in [3.8, 4) is 0 Å². The van der Waals surface area contributed by atoms with Gasteiger partial charge in [-0.25, -0.2) is 0 Å². The second-order valence-corrected chi connectivity index (χ2v) is 4.41. The van der Waals surface area contributed by atoms with Crippen LogP contribution >= 0.6 is 0 Å². The van der Waals surface area contributed by atoms with Crippen LogP contribution < -0.4 is 11.1 Å². The van der Waals surface area contributed by atoms with E-state index < -0.39 is 0 Å². The van der Waals surface area contributed by atoms with Crippen molar-refractivity contribution >= 4 is 16.9 Å². The summed E-state index contributed by atoms with van der Waals surface area (Å²) in [5.41, 5.74) is 8.11. The van der Waals surface area contributed by atoms with Crippen molar-refractivity contribution in [3.63, 3.8) is 0 Å². The Balaban J connectivity index is 2.31. The first-order valence-electron chi connectivity index (χ1n) is 6.12. The van der Waals surface area contributed by atoms with Crippen LogP contribution in [-0.2, 0) is 0 Å². The molecule has 0 aliphatic rings. The van der Waals surface area contributed by atoms with Gasteiger partial charge in [0.2, 0.25) is 0 Å². The number of carbonyl (C=O) groups is 1. The van der Waals surface area contributed by atoms with Gasteiger partial charge in [-0.05, 0) is 32.4 Å². The number of hydrogen-bond donors (Lipinski definition) is 2. The zero-order valence-corrected chi connectivity index (χ0v) is 10.7. The maximum Gasteiger partial charge on any atom is 0.287 e. The summed E-state index contributed by atoms with van der Waals surface area (Å²) in [4.78, 5) is 12.0. The van der Waals surface area contributed by atoms with Crippen molar-refractivity contribution in [3.05, 3.63) is 35.1 Å². The van der Waals surface area contributed by atoms with Gasteiger partial charge in [-0.15, -0.1) is 0 Å². The molecule has 2 rings (SSSR count). The molecular weight excluding hydrogens is 228 g/mol. The molecule has 0 bridgehead atoms. The van der Waals surface area contributed by atoms with E-state index in [-0.39, 0.29) is 5.91 Å². The van der Waals surface area contributed by atoms with Crippen LogP contribution in [0.5, 0.6) is 0 Å². The van der Waals surface area contributed by atoms with Crippen molar-refractivity contribution in [1.82, 2.24) is 5.32 Å². The van der Waals surface area contributed by atoms with E-state index in [4.69, 9.17) is 10.2 Å². The third-order valence-corrected chi connectivity index (χ3v) is 3.03. The van der Waals surface area contributed by atoms with Crippen LogP contribution in [0.3, 0.4) is 0 Å². The van der Waals surface area contributed by atoms with Crippen LogP contribution in [0.2, 0.25) is 0 Å². The van der Waals surface area contributed by atoms with Gasteiger partial charge in [-0.2, -0.15) is 0 Å². The molecule has 0 aliphatic heterocycles. The van der Waals surface area contributed by atoms with Crippen molar-refractivity contribution in [1.29, 1.82) is 0 Å². The molecule has 0 aliphatic carbocycles. The molecule has 1 heterocycles. The Morgan fingerprint density at radius 3 is 2.83 bits per heavy atom. The number of amides is 1. The van der Waals surface area contributed by atoms with Gasteiger partial charge in [-0.3, -0.25) is 4.79 Å². The van der Waals surface area contributed by atoms with Crippen LogP contribution in [0, 0.1) is 13.8 Å². The summed E-state index contributed by atoms with van der Waals surface area (Å²) in [5, 5.41) is 3.81. The molecule has 0 fully saturated rings. The quantitative estimate of drug-likeness (QED) is 0.812. The van der Waals surface area contributed by atoms with Gasteiger partial charge in [-0.1, -0.05) is 18.2 Å². The first kappa shape index (κ1) is 12.6. The fourth-order valence-electron chi connectivity index (χ4n) is 1.99. The fourth-order valence-corrected chi connectivity index (χ4v) is 1.99. The molecule has 0 spiro atoms. The summed E-state index contributed by atoms with van der Waals surface area (Å²) >= 11 is 0. The first-order valence-corrected chi connectivity index (χ1v) is 6.12. The monoisotopic (exact) mass is 246 g/mol. The van der Waals surface area contributed by atoms with Gasteiger partial charge in [0.1, 0.15) is 5.58 Å². The third-order valence-electron chi connectivity index (χ3n) is 3.03. The summed E-state index contributed by atoms with van der Waals surface area (Å²) in [6.07, 6.45) is 0.768. The molecule has 96 valence electrons. The molecule has 3 N–H and O–H groups in total. The highest BCUT2D eigenvalue weighted by Gasteiger charge is 2.17. The fraction of sp³-hybridized carbons (Fsp3) is 0.357. The highest BCUT2D eigenvalue weighted by molar-refractivity contribution is 5.99. The number of carbonyl (C=O) groups excluding carboxylic acids is 1. The molecule has 0 radical (unpaired) electrons. The maximum absolute atomic E-state index is 12.0. The molecule has 1 aromatic carbocycles. The Kier molecular flexibility index (Phi) is 3.67. The average molecular weight is 246 g/mol. The van der Waals surface area contributed by atoms with Gasteiger partial charge in [0.15, 0.2) is 5.76 Å². The van der Waals surface area contributed by atoms with Crippen molar-refractivity contribution < 1.29 is 9.21 Å². The third kappa shape index (κ3) is 2.24. The largest absolute Gasteiger partial charge is 0.450 e. The maximum atomic E-state index is 12.0. The van der Waals surface area contributed by atoms with E-state index in [1.807, 2.05) is 32.0 Å². The van der Waals surface area contributed by atoms with E-state index in [1.54, 1.807) is 0 Å². The first-order chi connectivity index (χ1) is 8.65. The normalized spacial score (nSPS) is 10.8. The molecule has 0 unspecified atom stereocenters. The zero-order chi connectivity index (χ0) is 13.1. The topological polar surface area (TPSA) is 68.3 Å². The lowest BCUT2D eigenvalue weighted by Crippen LogP contribution is -2.26. The van der Waals surface area contributed by atoms with E-state index in [0.29, 0.717) is 18.8 Å². The number of fused-ring (bicyclic) bond motifs is 1. The second kappa shape index (κ2) is 5.23. The molecule has 18 heavy (non-hydrogen) atoms. The van der Waals surface area contributed by atoms with Gasteiger partial charge < -0.3 is 15.5 Å². The Labute approximate surface area is 106 Å². The summed E-state index contributed by atoms with van der Waals surface area (Å²) < 4.78 is 5.68. The minimum absolute atomic E-state index is 0.170. The van der Waals surface area contributed by atoms with Gasteiger partial charge in [0.25, 0.3) is 5.91 Å². The van der Waals surface area contributed by atoms with Crippen molar-refractivity contribution in [2.45, 2.75) is 20.3 Å².